The molecular weight excluding hydrogens is 420 g/mol. The molecule has 7 nitrogen and oxygen atoms in total. The van der Waals surface area contributed by atoms with Gasteiger partial charge in [-0.15, -0.1) is 0 Å². The zero-order valence-electron chi connectivity index (χ0n) is 19.0. The largest absolute Gasteiger partial charge is 0.481 e. The van der Waals surface area contributed by atoms with Crippen LogP contribution in [0, 0.1) is 10.8 Å². The fourth-order valence-corrected chi connectivity index (χ4v) is 4.50. The van der Waals surface area contributed by atoms with Crippen molar-refractivity contribution in [3.05, 3.63) is 59.7 Å². The van der Waals surface area contributed by atoms with Crippen LogP contribution in [0.2, 0.25) is 0 Å². The van der Waals surface area contributed by atoms with Gasteiger partial charge in [-0.1, -0.05) is 62.4 Å². The summed E-state index contributed by atoms with van der Waals surface area (Å²) in [6, 6.07) is 16.3. The molecule has 2 aromatic rings. The van der Waals surface area contributed by atoms with Crippen LogP contribution in [0.25, 0.3) is 11.1 Å². The number of carboxylic acid groups (broad SMARTS) is 1. The van der Waals surface area contributed by atoms with E-state index >= 15 is 0 Å². The highest BCUT2D eigenvalue weighted by molar-refractivity contribution is 5.86. The molecule has 33 heavy (non-hydrogen) atoms. The molecule has 1 saturated carbocycles. The molecule has 0 atom stereocenters. The minimum Gasteiger partial charge on any atom is -0.481 e. The lowest BCUT2D eigenvalue weighted by Gasteiger charge is -2.24. The standard InChI is InChI=1S/C26H30N2O5/c1-25(2,13-22(29)30)15-27-23(31)26(11-12-26)16-28-24(32)33-14-21-19-9-5-3-7-17(19)18-8-4-6-10-20(18)21/h3-10,21H,11-16H2,1-2H3,(H,27,31)(H,28,32)(H,29,30). The first-order valence-corrected chi connectivity index (χ1v) is 11.3. The second-order valence-corrected chi connectivity index (χ2v) is 9.88. The number of hydrogen-bond acceptors (Lipinski definition) is 4. The number of nitrogens with one attached hydrogen (secondary N) is 2. The average molecular weight is 451 g/mol. The molecule has 174 valence electrons. The lowest BCUT2D eigenvalue weighted by Crippen LogP contribution is -2.44. The maximum atomic E-state index is 12.7. The number of aliphatic carboxylic acids is 1. The van der Waals surface area contributed by atoms with E-state index in [1.165, 1.54) is 11.1 Å². The second kappa shape index (κ2) is 8.89. The van der Waals surface area contributed by atoms with Crippen LogP contribution < -0.4 is 10.6 Å². The molecule has 0 aromatic heterocycles. The molecule has 0 bridgehead atoms. The molecule has 7 heteroatoms. The molecule has 0 aliphatic heterocycles. The molecule has 0 unspecified atom stereocenters. The number of benzene rings is 2. The minimum absolute atomic E-state index is 0.0159. The first-order valence-electron chi connectivity index (χ1n) is 11.3. The predicted octanol–water partition coefficient (Wildman–Crippen LogP) is 3.92. The van der Waals surface area contributed by atoms with Gasteiger partial charge in [0.25, 0.3) is 0 Å². The van der Waals surface area contributed by atoms with Gasteiger partial charge >= 0.3 is 12.1 Å². The van der Waals surface area contributed by atoms with Gasteiger partial charge in [-0.05, 0) is 40.5 Å². The van der Waals surface area contributed by atoms with Gasteiger partial charge in [0, 0.05) is 19.0 Å². The SMILES string of the molecule is CC(C)(CNC(=O)C1(CNC(=O)OCC2c3ccccc3-c3ccccc32)CC1)CC(=O)O. The topological polar surface area (TPSA) is 105 Å². The first-order chi connectivity index (χ1) is 15.7. The van der Waals surface area contributed by atoms with Crippen molar-refractivity contribution in [1.82, 2.24) is 10.6 Å². The van der Waals surface area contributed by atoms with Crippen LogP contribution in [0.4, 0.5) is 4.79 Å². The smallest absolute Gasteiger partial charge is 0.407 e. The van der Waals surface area contributed by atoms with Crippen LogP contribution in [0.5, 0.6) is 0 Å². The zero-order valence-corrected chi connectivity index (χ0v) is 19.0. The van der Waals surface area contributed by atoms with E-state index in [-0.39, 0.29) is 37.9 Å². The summed E-state index contributed by atoms with van der Waals surface area (Å²) in [5.74, 6) is -1.06. The van der Waals surface area contributed by atoms with Gasteiger partial charge in [0.05, 0.1) is 11.8 Å². The van der Waals surface area contributed by atoms with E-state index in [2.05, 4.69) is 34.9 Å². The summed E-state index contributed by atoms with van der Waals surface area (Å²) >= 11 is 0. The molecule has 3 N–H and O–H groups in total. The minimum atomic E-state index is -0.896. The summed E-state index contributed by atoms with van der Waals surface area (Å²) in [5, 5.41) is 14.6. The van der Waals surface area contributed by atoms with Crippen molar-refractivity contribution in [3.8, 4) is 11.1 Å². The van der Waals surface area contributed by atoms with E-state index in [4.69, 9.17) is 9.84 Å². The Morgan fingerprint density at radius 1 is 1.00 bits per heavy atom. The van der Waals surface area contributed by atoms with Gasteiger partial charge in [0.1, 0.15) is 6.61 Å². The second-order valence-electron chi connectivity index (χ2n) is 9.88. The Hall–Kier alpha value is -3.35. The molecule has 0 spiro atoms. The van der Waals surface area contributed by atoms with Crippen LogP contribution in [-0.2, 0) is 14.3 Å². The number of ether oxygens (including phenoxy) is 1. The van der Waals surface area contributed by atoms with E-state index in [0.717, 1.165) is 11.1 Å². The molecule has 0 saturated heterocycles. The number of amides is 2. The molecule has 1 fully saturated rings. The quantitative estimate of drug-likeness (QED) is 0.537. The Labute approximate surface area is 193 Å². The Morgan fingerprint density at radius 2 is 1.58 bits per heavy atom. The number of alkyl carbamates (subject to hydrolysis) is 1. The summed E-state index contributed by atoms with van der Waals surface area (Å²) in [5.41, 5.74) is 3.45. The maximum absolute atomic E-state index is 12.7. The Balaban J connectivity index is 1.29. The van der Waals surface area contributed by atoms with Crippen molar-refractivity contribution in [3.63, 3.8) is 0 Å². The zero-order chi connectivity index (χ0) is 23.6. The van der Waals surface area contributed by atoms with E-state index in [0.29, 0.717) is 12.8 Å². The molecule has 0 heterocycles. The monoisotopic (exact) mass is 450 g/mol. The summed E-state index contributed by atoms with van der Waals surface area (Å²) < 4.78 is 5.55. The number of fused-ring (bicyclic) bond motifs is 3. The van der Waals surface area contributed by atoms with E-state index in [9.17, 15) is 14.4 Å². The van der Waals surface area contributed by atoms with E-state index in [1.54, 1.807) is 13.8 Å². The van der Waals surface area contributed by atoms with Gasteiger partial charge < -0.3 is 20.5 Å². The normalized spacial score (nSPS) is 15.8. The van der Waals surface area contributed by atoms with Crippen molar-refractivity contribution in [2.45, 2.75) is 39.0 Å². The van der Waals surface area contributed by atoms with Crippen molar-refractivity contribution < 1.29 is 24.2 Å². The summed E-state index contributed by atoms with van der Waals surface area (Å²) in [6.07, 6.45) is 0.796. The number of carbonyl (C=O) groups excluding carboxylic acids is 2. The van der Waals surface area contributed by atoms with Crippen LogP contribution in [0.15, 0.2) is 48.5 Å². The van der Waals surface area contributed by atoms with Crippen molar-refractivity contribution in [2.75, 3.05) is 19.7 Å². The fraction of sp³-hybridized carbons (Fsp3) is 0.423. The van der Waals surface area contributed by atoms with Crippen LogP contribution in [0.1, 0.15) is 50.2 Å². The van der Waals surface area contributed by atoms with Gasteiger partial charge in [-0.25, -0.2) is 4.79 Å². The molecule has 0 radical (unpaired) electrons. The van der Waals surface area contributed by atoms with Crippen molar-refractivity contribution >= 4 is 18.0 Å². The van der Waals surface area contributed by atoms with E-state index in [1.807, 2.05) is 24.3 Å². The predicted molar refractivity (Wildman–Crippen MR) is 124 cm³/mol. The average Bonchev–Trinajstić information content (AvgIpc) is 3.51. The Bertz CT molecular complexity index is 1030. The summed E-state index contributed by atoms with van der Waals surface area (Å²) in [4.78, 5) is 36.1. The third-order valence-corrected chi connectivity index (χ3v) is 6.61. The van der Waals surface area contributed by atoms with Gasteiger partial charge in [-0.2, -0.15) is 0 Å². The fourth-order valence-electron chi connectivity index (χ4n) is 4.50. The Morgan fingerprint density at radius 3 is 2.12 bits per heavy atom. The number of rotatable bonds is 9. The van der Waals surface area contributed by atoms with Crippen molar-refractivity contribution in [2.24, 2.45) is 10.8 Å². The number of carbonyl (C=O) groups is 3. The van der Waals surface area contributed by atoms with E-state index < -0.39 is 22.9 Å². The molecule has 2 aromatic carbocycles. The molecule has 4 rings (SSSR count). The number of carboxylic acids is 1. The Kier molecular flexibility index (Phi) is 6.15. The molecule has 2 aliphatic rings. The highest BCUT2D eigenvalue weighted by Crippen LogP contribution is 2.46. The number of hydrogen-bond donors (Lipinski definition) is 3. The van der Waals surface area contributed by atoms with Crippen LogP contribution in [0.3, 0.4) is 0 Å². The van der Waals surface area contributed by atoms with Gasteiger partial charge in [-0.3, -0.25) is 9.59 Å². The van der Waals surface area contributed by atoms with Gasteiger partial charge in [0.2, 0.25) is 5.91 Å². The highest BCUT2D eigenvalue weighted by Gasteiger charge is 2.50. The first kappa shape index (κ1) is 22.8. The lowest BCUT2D eigenvalue weighted by molar-refractivity contribution is -0.139. The molecule has 2 amide bonds. The summed E-state index contributed by atoms with van der Waals surface area (Å²) in [7, 11) is 0. The van der Waals surface area contributed by atoms with Crippen LogP contribution >= 0.6 is 0 Å². The molecular formula is C26H30N2O5. The third kappa shape index (κ3) is 5.02. The van der Waals surface area contributed by atoms with Crippen molar-refractivity contribution in [1.29, 1.82) is 0 Å². The van der Waals surface area contributed by atoms with Crippen LogP contribution in [-0.4, -0.2) is 42.8 Å². The summed E-state index contributed by atoms with van der Waals surface area (Å²) in [6.45, 7) is 4.30. The third-order valence-electron chi connectivity index (χ3n) is 6.61. The maximum Gasteiger partial charge on any atom is 0.407 e. The lowest BCUT2D eigenvalue weighted by atomic mass is 9.89. The molecule has 2 aliphatic carbocycles. The van der Waals surface area contributed by atoms with Gasteiger partial charge in [0.15, 0.2) is 0 Å². The highest BCUT2D eigenvalue weighted by atomic mass is 16.5.